The van der Waals surface area contributed by atoms with Crippen LogP contribution in [0.2, 0.25) is 0 Å². The Labute approximate surface area is 79.6 Å². The van der Waals surface area contributed by atoms with E-state index in [0.29, 0.717) is 0 Å². The van der Waals surface area contributed by atoms with Crippen LogP contribution >= 0.6 is 11.6 Å². The predicted molar refractivity (Wildman–Crippen MR) is 54.7 cm³/mol. The van der Waals surface area contributed by atoms with E-state index in [1.165, 1.54) is 11.1 Å². The van der Waals surface area contributed by atoms with E-state index in [0.717, 1.165) is 6.42 Å². The maximum atomic E-state index is 6.35. The Morgan fingerprint density at radius 3 is 2.42 bits per heavy atom. The molecule has 1 rings (SSSR count). The van der Waals surface area contributed by atoms with Crippen molar-refractivity contribution in [2.75, 3.05) is 0 Å². The molecule has 0 aromatic heterocycles. The van der Waals surface area contributed by atoms with E-state index in [1.807, 2.05) is 12.1 Å². The molecule has 0 heterocycles. The SMILES string of the molecule is CCC(C)(Cl)c1ccccc1C. The lowest BCUT2D eigenvalue weighted by molar-refractivity contribution is 0.646. The maximum absolute atomic E-state index is 6.35. The molecule has 0 bridgehead atoms. The van der Waals surface area contributed by atoms with Gasteiger partial charge in [-0.25, -0.2) is 0 Å². The van der Waals surface area contributed by atoms with Gasteiger partial charge in [-0.05, 0) is 31.4 Å². The summed E-state index contributed by atoms with van der Waals surface area (Å²) >= 11 is 6.35. The molecule has 0 aliphatic heterocycles. The Morgan fingerprint density at radius 2 is 1.92 bits per heavy atom. The van der Waals surface area contributed by atoms with Gasteiger partial charge in [0.1, 0.15) is 0 Å². The van der Waals surface area contributed by atoms with Gasteiger partial charge in [-0.2, -0.15) is 0 Å². The predicted octanol–water partition coefficient (Wildman–Crippen LogP) is 3.86. The molecular formula is C11H15Cl. The van der Waals surface area contributed by atoms with E-state index in [1.54, 1.807) is 0 Å². The van der Waals surface area contributed by atoms with E-state index >= 15 is 0 Å². The highest BCUT2D eigenvalue weighted by molar-refractivity contribution is 6.23. The molecule has 0 aliphatic rings. The lowest BCUT2D eigenvalue weighted by Crippen LogP contribution is -2.13. The molecule has 0 saturated heterocycles. The number of aryl methyl sites for hydroxylation is 1. The maximum Gasteiger partial charge on any atom is 0.0666 e. The lowest BCUT2D eigenvalue weighted by Gasteiger charge is -2.22. The van der Waals surface area contributed by atoms with Crippen molar-refractivity contribution in [1.29, 1.82) is 0 Å². The molecule has 66 valence electrons. The minimum absolute atomic E-state index is 0.203. The van der Waals surface area contributed by atoms with Crippen LogP contribution < -0.4 is 0 Å². The van der Waals surface area contributed by atoms with E-state index < -0.39 is 0 Å². The molecule has 0 fully saturated rings. The molecule has 0 nitrogen and oxygen atoms in total. The summed E-state index contributed by atoms with van der Waals surface area (Å²) in [6.07, 6.45) is 0.958. The molecule has 1 unspecified atom stereocenters. The van der Waals surface area contributed by atoms with Crippen molar-refractivity contribution in [3.63, 3.8) is 0 Å². The smallest absolute Gasteiger partial charge is 0.0666 e. The Balaban J connectivity index is 3.10. The van der Waals surface area contributed by atoms with E-state index in [2.05, 4.69) is 32.9 Å². The second-order valence-corrected chi connectivity index (χ2v) is 4.20. The van der Waals surface area contributed by atoms with Gasteiger partial charge < -0.3 is 0 Å². The van der Waals surface area contributed by atoms with Crippen LogP contribution in [0.25, 0.3) is 0 Å². The topological polar surface area (TPSA) is 0 Å². The monoisotopic (exact) mass is 182 g/mol. The first kappa shape index (κ1) is 9.60. The first-order valence-corrected chi connectivity index (χ1v) is 4.70. The van der Waals surface area contributed by atoms with Gasteiger partial charge in [0.15, 0.2) is 0 Å². The fourth-order valence-corrected chi connectivity index (χ4v) is 1.56. The molecule has 1 heteroatoms. The Kier molecular flexibility index (Phi) is 2.79. The Bertz CT molecular complexity index is 263. The number of halogens is 1. The van der Waals surface area contributed by atoms with Crippen LogP contribution in [0.5, 0.6) is 0 Å². The first-order chi connectivity index (χ1) is 5.58. The zero-order valence-corrected chi connectivity index (χ0v) is 8.65. The molecule has 0 N–H and O–H groups in total. The summed E-state index contributed by atoms with van der Waals surface area (Å²) in [4.78, 5) is -0.203. The van der Waals surface area contributed by atoms with Crippen LogP contribution in [-0.2, 0) is 4.87 Å². The number of alkyl halides is 1. The molecule has 0 radical (unpaired) electrons. The fourth-order valence-electron chi connectivity index (χ4n) is 1.35. The Hall–Kier alpha value is -0.490. The largest absolute Gasteiger partial charge is 0.114 e. The lowest BCUT2D eigenvalue weighted by atomic mass is 9.94. The van der Waals surface area contributed by atoms with Crippen molar-refractivity contribution in [2.45, 2.75) is 32.1 Å². The number of hydrogen-bond acceptors (Lipinski definition) is 0. The standard InChI is InChI=1S/C11H15Cl/c1-4-11(3,12)10-8-6-5-7-9(10)2/h5-8H,4H2,1-3H3. The van der Waals surface area contributed by atoms with Crippen LogP contribution in [0, 0.1) is 6.92 Å². The van der Waals surface area contributed by atoms with Gasteiger partial charge in [0.25, 0.3) is 0 Å². The molecule has 1 aromatic carbocycles. The highest BCUT2D eigenvalue weighted by Gasteiger charge is 2.21. The summed E-state index contributed by atoms with van der Waals surface area (Å²) in [6.45, 7) is 6.28. The molecule has 0 saturated carbocycles. The van der Waals surface area contributed by atoms with Crippen LogP contribution in [0.3, 0.4) is 0 Å². The first-order valence-electron chi connectivity index (χ1n) is 4.33. The zero-order chi connectivity index (χ0) is 9.19. The number of benzene rings is 1. The van der Waals surface area contributed by atoms with Crippen molar-refractivity contribution in [2.24, 2.45) is 0 Å². The molecule has 0 spiro atoms. The summed E-state index contributed by atoms with van der Waals surface area (Å²) in [5.41, 5.74) is 2.52. The zero-order valence-electron chi connectivity index (χ0n) is 7.89. The number of hydrogen-bond donors (Lipinski definition) is 0. The van der Waals surface area contributed by atoms with E-state index in [9.17, 15) is 0 Å². The third kappa shape index (κ3) is 1.81. The third-order valence-electron chi connectivity index (χ3n) is 2.37. The molecule has 0 aliphatic carbocycles. The summed E-state index contributed by atoms with van der Waals surface area (Å²) < 4.78 is 0. The molecular weight excluding hydrogens is 168 g/mol. The van der Waals surface area contributed by atoms with Gasteiger partial charge in [-0.1, -0.05) is 31.2 Å². The molecule has 1 atom stereocenters. The normalized spacial score (nSPS) is 15.7. The van der Waals surface area contributed by atoms with Crippen LogP contribution in [0.4, 0.5) is 0 Å². The van der Waals surface area contributed by atoms with Crippen LogP contribution in [0.1, 0.15) is 31.4 Å². The van der Waals surface area contributed by atoms with Gasteiger partial charge in [-0.3, -0.25) is 0 Å². The second kappa shape index (κ2) is 3.49. The van der Waals surface area contributed by atoms with Gasteiger partial charge in [-0.15, -0.1) is 11.6 Å². The molecule has 1 aromatic rings. The van der Waals surface area contributed by atoms with Gasteiger partial charge in [0.2, 0.25) is 0 Å². The van der Waals surface area contributed by atoms with E-state index in [-0.39, 0.29) is 4.87 Å². The summed E-state index contributed by atoms with van der Waals surface area (Å²) in [5, 5.41) is 0. The quantitative estimate of drug-likeness (QED) is 0.610. The van der Waals surface area contributed by atoms with Crippen molar-refractivity contribution in [3.8, 4) is 0 Å². The van der Waals surface area contributed by atoms with Crippen LogP contribution in [-0.4, -0.2) is 0 Å². The van der Waals surface area contributed by atoms with Gasteiger partial charge in [0.05, 0.1) is 4.87 Å². The fraction of sp³-hybridized carbons (Fsp3) is 0.455. The van der Waals surface area contributed by atoms with Crippen molar-refractivity contribution in [1.82, 2.24) is 0 Å². The van der Waals surface area contributed by atoms with E-state index in [4.69, 9.17) is 11.6 Å². The molecule has 0 amide bonds. The van der Waals surface area contributed by atoms with Gasteiger partial charge in [0, 0.05) is 0 Å². The summed E-state index contributed by atoms with van der Waals surface area (Å²) in [5.74, 6) is 0. The third-order valence-corrected chi connectivity index (χ3v) is 2.84. The van der Waals surface area contributed by atoms with Gasteiger partial charge >= 0.3 is 0 Å². The summed E-state index contributed by atoms with van der Waals surface area (Å²) in [6, 6.07) is 8.29. The molecule has 12 heavy (non-hydrogen) atoms. The van der Waals surface area contributed by atoms with Crippen molar-refractivity contribution >= 4 is 11.6 Å². The van der Waals surface area contributed by atoms with Crippen molar-refractivity contribution in [3.05, 3.63) is 35.4 Å². The van der Waals surface area contributed by atoms with Crippen molar-refractivity contribution < 1.29 is 0 Å². The number of rotatable bonds is 2. The highest BCUT2D eigenvalue weighted by Crippen LogP contribution is 2.33. The average Bonchev–Trinajstić information content (AvgIpc) is 2.05. The minimum Gasteiger partial charge on any atom is -0.114 e. The summed E-state index contributed by atoms with van der Waals surface area (Å²) in [7, 11) is 0. The second-order valence-electron chi connectivity index (χ2n) is 3.37. The average molecular weight is 183 g/mol. The Morgan fingerprint density at radius 1 is 1.33 bits per heavy atom. The minimum atomic E-state index is -0.203. The highest BCUT2D eigenvalue weighted by atomic mass is 35.5. The van der Waals surface area contributed by atoms with Crippen LogP contribution in [0.15, 0.2) is 24.3 Å².